The number of benzene rings is 3. The second-order valence-corrected chi connectivity index (χ2v) is 7.34. The Labute approximate surface area is 194 Å². The zero-order valence-corrected chi connectivity index (χ0v) is 18.7. The van der Waals surface area contributed by atoms with E-state index in [1.54, 1.807) is 31.4 Å². The van der Waals surface area contributed by atoms with Gasteiger partial charge in [-0.15, -0.1) is 0 Å². The Morgan fingerprint density at radius 1 is 0.848 bits per heavy atom. The highest BCUT2D eigenvalue weighted by atomic mass is 16.5. The van der Waals surface area contributed by atoms with E-state index in [0.29, 0.717) is 31.0 Å². The lowest BCUT2D eigenvalue weighted by molar-refractivity contribution is -0.114. The Bertz CT molecular complexity index is 1040. The highest BCUT2D eigenvalue weighted by Gasteiger charge is 2.08. The summed E-state index contributed by atoms with van der Waals surface area (Å²) in [6.07, 6.45) is 0.824. The molecule has 172 valence electrons. The summed E-state index contributed by atoms with van der Waals surface area (Å²) in [6, 6.07) is 24.5. The van der Waals surface area contributed by atoms with E-state index in [1.807, 2.05) is 42.5 Å². The lowest BCUT2D eigenvalue weighted by Gasteiger charge is -2.11. The molecule has 0 aromatic heterocycles. The molecule has 0 aliphatic rings. The van der Waals surface area contributed by atoms with Gasteiger partial charge in [0.2, 0.25) is 5.91 Å². The second kappa shape index (κ2) is 12.9. The summed E-state index contributed by atoms with van der Waals surface area (Å²) < 4.78 is 10.8. The van der Waals surface area contributed by atoms with Crippen LogP contribution < -0.4 is 20.7 Å². The number of methoxy groups -OCH3 is 1. The lowest BCUT2D eigenvalue weighted by Crippen LogP contribution is -2.27. The third kappa shape index (κ3) is 8.31. The average Bonchev–Trinajstić information content (AvgIpc) is 2.84. The number of hydrogen-bond donors (Lipinski definition) is 3. The van der Waals surface area contributed by atoms with Crippen LogP contribution in [0.3, 0.4) is 0 Å². The van der Waals surface area contributed by atoms with Gasteiger partial charge in [0, 0.05) is 43.1 Å². The Morgan fingerprint density at radius 3 is 2.45 bits per heavy atom. The Hall–Kier alpha value is -3.84. The maximum absolute atomic E-state index is 12.4. The van der Waals surface area contributed by atoms with E-state index >= 15 is 0 Å². The molecule has 0 saturated carbocycles. The van der Waals surface area contributed by atoms with Crippen molar-refractivity contribution in [3.63, 3.8) is 0 Å². The zero-order valence-electron chi connectivity index (χ0n) is 18.7. The van der Waals surface area contributed by atoms with Crippen LogP contribution in [-0.2, 0) is 16.0 Å². The first kappa shape index (κ1) is 23.8. The van der Waals surface area contributed by atoms with Crippen molar-refractivity contribution in [3.8, 4) is 5.75 Å². The first-order valence-corrected chi connectivity index (χ1v) is 10.8. The molecule has 0 aliphatic carbocycles. The summed E-state index contributed by atoms with van der Waals surface area (Å²) in [5, 5.41) is 8.66. The molecule has 3 rings (SSSR count). The first-order valence-electron chi connectivity index (χ1n) is 10.8. The van der Waals surface area contributed by atoms with Crippen LogP contribution in [-0.4, -0.2) is 45.2 Å². The standard InChI is InChI=1S/C26H29N3O4/c1-32-16-14-27-26(31)21-9-5-11-23(17-21)29-25(30)19-28-22-10-6-12-24(18-22)33-15-13-20-7-3-2-4-8-20/h2-12,17-18,28H,13-16,19H2,1H3,(H,27,31)(H,29,30). The predicted octanol–water partition coefficient (Wildman–Crippen LogP) is 3.73. The van der Waals surface area contributed by atoms with Crippen LogP contribution in [0.5, 0.6) is 5.75 Å². The fourth-order valence-corrected chi connectivity index (χ4v) is 3.12. The van der Waals surface area contributed by atoms with Gasteiger partial charge >= 0.3 is 0 Å². The van der Waals surface area contributed by atoms with Crippen LogP contribution in [0.25, 0.3) is 0 Å². The minimum atomic E-state index is -0.220. The average molecular weight is 448 g/mol. The van der Waals surface area contributed by atoms with Crippen molar-refractivity contribution in [2.75, 3.05) is 44.0 Å². The van der Waals surface area contributed by atoms with Crippen molar-refractivity contribution >= 4 is 23.2 Å². The summed E-state index contributed by atoms with van der Waals surface area (Å²) in [5.74, 6) is 0.302. The predicted molar refractivity (Wildman–Crippen MR) is 130 cm³/mol. The smallest absolute Gasteiger partial charge is 0.251 e. The Balaban J connectivity index is 1.45. The molecule has 0 aliphatic heterocycles. The number of hydrogen-bond acceptors (Lipinski definition) is 5. The molecule has 7 nitrogen and oxygen atoms in total. The van der Waals surface area contributed by atoms with E-state index in [1.165, 1.54) is 5.56 Å². The summed E-state index contributed by atoms with van der Waals surface area (Å²) >= 11 is 0. The summed E-state index contributed by atoms with van der Waals surface area (Å²) in [6.45, 7) is 1.51. The molecule has 33 heavy (non-hydrogen) atoms. The van der Waals surface area contributed by atoms with Gasteiger partial charge in [-0.1, -0.05) is 42.5 Å². The normalized spacial score (nSPS) is 10.3. The van der Waals surface area contributed by atoms with Gasteiger partial charge in [-0.05, 0) is 35.9 Å². The third-order valence-corrected chi connectivity index (χ3v) is 4.79. The van der Waals surface area contributed by atoms with Gasteiger partial charge in [0.1, 0.15) is 5.75 Å². The van der Waals surface area contributed by atoms with Gasteiger partial charge in [-0.2, -0.15) is 0 Å². The molecule has 3 aromatic rings. The molecule has 0 fully saturated rings. The maximum Gasteiger partial charge on any atom is 0.251 e. The van der Waals surface area contributed by atoms with Crippen LogP contribution in [0.4, 0.5) is 11.4 Å². The number of ether oxygens (including phenoxy) is 2. The van der Waals surface area contributed by atoms with Gasteiger partial charge in [-0.25, -0.2) is 0 Å². The molecule has 0 radical (unpaired) electrons. The molecule has 0 saturated heterocycles. The number of carbonyl (C=O) groups excluding carboxylic acids is 2. The highest BCUT2D eigenvalue weighted by molar-refractivity contribution is 5.98. The number of amides is 2. The van der Waals surface area contributed by atoms with E-state index in [-0.39, 0.29) is 18.4 Å². The lowest BCUT2D eigenvalue weighted by atomic mass is 10.2. The monoisotopic (exact) mass is 447 g/mol. The second-order valence-electron chi connectivity index (χ2n) is 7.34. The molecule has 3 aromatic carbocycles. The van der Waals surface area contributed by atoms with Gasteiger partial charge in [-0.3, -0.25) is 9.59 Å². The molecule has 2 amide bonds. The molecule has 3 N–H and O–H groups in total. The van der Waals surface area contributed by atoms with E-state index < -0.39 is 0 Å². The molecule has 0 heterocycles. The Morgan fingerprint density at radius 2 is 1.64 bits per heavy atom. The fourth-order valence-electron chi connectivity index (χ4n) is 3.12. The molecule has 0 unspecified atom stereocenters. The van der Waals surface area contributed by atoms with Crippen LogP contribution >= 0.6 is 0 Å². The van der Waals surface area contributed by atoms with Crippen molar-refractivity contribution in [1.82, 2.24) is 5.32 Å². The fraction of sp³-hybridized carbons (Fsp3) is 0.231. The van der Waals surface area contributed by atoms with Crippen molar-refractivity contribution in [2.24, 2.45) is 0 Å². The van der Waals surface area contributed by atoms with E-state index in [4.69, 9.17) is 9.47 Å². The maximum atomic E-state index is 12.4. The van der Waals surface area contributed by atoms with E-state index in [2.05, 4.69) is 28.1 Å². The van der Waals surface area contributed by atoms with Crippen molar-refractivity contribution in [1.29, 1.82) is 0 Å². The van der Waals surface area contributed by atoms with Gasteiger partial charge in [0.05, 0.1) is 19.8 Å². The number of carbonyl (C=O) groups is 2. The van der Waals surface area contributed by atoms with Gasteiger partial charge in [0.25, 0.3) is 5.91 Å². The summed E-state index contributed by atoms with van der Waals surface area (Å²) in [7, 11) is 1.58. The molecule has 7 heteroatoms. The summed E-state index contributed by atoms with van der Waals surface area (Å²) in [4.78, 5) is 24.5. The minimum Gasteiger partial charge on any atom is -0.493 e. The van der Waals surface area contributed by atoms with E-state index in [9.17, 15) is 9.59 Å². The zero-order chi connectivity index (χ0) is 23.3. The molecule has 0 bridgehead atoms. The van der Waals surface area contributed by atoms with Crippen LogP contribution in [0.15, 0.2) is 78.9 Å². The Kier molecular flexibility index (Phi) is 9.29. The summed E-state index contributed by atoms with van der Waals surface area (Å²) in [5.41, 5.74) is 3.03. The van der Waals surface area contributed by atoms with Gasteiger partial charge in [0.15, 0.2) is 0 Å². The van der Waals surface area contributed by atoms with Gasteiger partial charge < -0.3 is 25.4 Å². The van der Waals surface area contributed by atoms with Crippen LogP contribution in [0.1, 0.15) is 15.9 Å². The number of nitrogens with one attached hydrogen (secondary N) is 3. The molecular weight excluding hydrogens is 418 g/mol. The van der Waals surface area contributed by atoms with Crippen molar-refractivity contribution in [2.45, 2.75) is 6.42 Å². The van der Waals surface area contributed by atoms with Crippen LogP contribution in [0.2, 0.25) is 0 Å². The number of anilines is 2. The quantitative estimate of drug-likeness (QED) is 0.368. The SMILES string of the molecule is COCCNC(=O)c1cccc(NC(=O)CNc2cccc(OCCc3ccccc3)c2)c1. The van der Waals surface area contributed by atoms with Crippen molar-refractivity contribution < 1.29 is 19.1 Å². The largest absolute Gasteiger partial charge is 0.493 e. The highest BCUT2D eigenvalue weighted by Crippen LogP contribution is 2.18. The third-order valence-electron chi connectivity index (χ3n) is 4.79. The number of rotatable bonds is 12. The van der Waals surface area contributed by atoms with Crippen molar-refractivity contribution in [3.05, 3.63) is 90.0 Å². The topological polar surface area (TPSA) is 88.7 Å². The minimum absolute atomic E-state index is 0.0811. The van der Waals surface area contributed by atoms with E-state index in [0.717, 1.165) is 17.9 Å². The molecule has 0 spiro atoms. The molecular formula is C26H29N3O4. The molecule has 0 atom stereocenters. The van der Waals surface area contributed by atoms with Crippen LogP contribution in [0, 0.1) is 0 Å². The first-order chi connectivity index (χ1) is 16.1.